The Hall–Kier alpha value is -0.970. The molecule has 1 rings (SSSR count). The van der Waals surface area contributed by atoms with Crippen molar-refractivity contribution in [1.29, 1.82) is 0 Å². The number of aliphatic hydroxyl groups excluding tert-OH is 1. The van der Waals surface area contributed by atoms with E-state index in [1.54, 1.807) is 0 Å². The second kappa shape index (κ2) is 4.91. The van der Waals surface area contributed by atoms with Crippen LogP contribution in [-0.2, 0) is 4.79 Å². The summed E-state index contributed by atoms with van der Waals surface area (Å²) in [6.45, 7) is 2.48. The Kier molecular flexibility index (Phi) is 3.82. The first-order valence-electron chi connectivity index (χ1n) is 4.62. The molecule has 0 spiro atoms. The Morgan fingerprint density at radius 2 is 2.31 bits per heavy atom. The Bertz CT molecular complexity index is 206. The summed E-state index contributed by atoms with van der Waals surface area (Å²) in [5.41, 5.74) is 0. The molecule has 0 aromatic rings. The average molecular weight is 185 g/mol. The number of carbonyl (C=O) groups excluding carboxylic acids is 1. The molecule has 0 saturated carbocycles. The summed E-state index contributed by atoms with van der Waals surface area (Å²) in [6.07, 6.45) is 3.14. The molecular weight excluding hydrogens is 170 g/mol. The van der Waals surface area contributed by atoms with E-state index in [0.29, 0.717) is 6.54 Å². The average Bonchev–Trinajstić information content (AvgIpc) is 2.48. The molecule has 1 N–H and O–H groups in total. The minimum atomic E-state index is -0.651. The maximum absolute atomic E-state index is 11.3. The number of carbonyl (C=O) groups is 1. The molecule has 0 radical (unpaired) electrons. The first kappa shape index (κ1) is 10.1. The predicted octanol–water partition coefficient (Wildman–Crippen LogP) is 0.747. The number of amides is 1. The van der Waals surface area contributed by atoms with Gasteiger partial charge in [0.2, 0.25) is 0 Å². The van der Waals surface area contributed by atoms with Gasteiger partial charge in [-0.1, -0.05) is 25.0 Å². The van der Waals surface area contributed by atoms with Crippen LogP contribution in [0.4, 0.5) is 0 Å². The highest BCUT2D eigenvalue weighted by Crippen LogP contribution is 2.11. The van der Waals surface area contributed by atoms with Gasteiger partial charge in [0.25, 0.3) is 5.91 Å². The van der Waals surface area contributed by atoms with E-state index in [-0.39, 0.29) is 12.5 Å². The van der Waals surface area contributed by atoms with Gasteiger partial charge >= 0.3 is 0 Å². The molecule has 0 fully saturated rings. The van der Waals surface area contributed by atoms with Gasteiger partial charge in [-0.15, -0.1) is 0 Å². The predicted molar refractivity (Wildman–Crippen MR) is 47.0 cm³/mol. The Balaban J connectivity index is 2.29. The van der Waals surface area contributed by atoms with Crippen LogP contribution in [0.25, 0.3) is 0 Å². The van der Waals surface area contributed by atoms with Gasteiger partial charge < -0.3 is 5.11 Å². The van der Waals surface area contributed by atoms with Crippen LogP contribution in [0, 0.1) is 0 Å². The Labute approximate surface area is 77.4 Å². The molecule has 1 atom stereocenters. The third kappa shape index (κ3) is 2.48. The molecule has 5 nitrogen and oxygen atoms in total. The monoisotopic (exact) mass is 185 g/mol. The second-order valence-corrected chi connectivity index (χ2v) is 3.07. The summed E-state index contributed by atoms with van der Waals surface area (Å²) in [5, 5.41) is 17.4. The molecular formula is C8H15N3O2. The van der Waals surface area contributed by atoms with Gasteiger partial charge in [-0.25, -0.2) is 5.01 Å². The van der Waals surface area contributed by atoms with Gasteiger partial charge in [0.05, 0.1) is 6.61 Å². The lowest BCUT2D eigenvalue weighted by Gasteiger charge is -2.10. The van der Waals surface area contributed by atoms with E-state index in [4.69, 9.17) is 5.11 Å². The lowest BCUT2D eigenvalue weighted by Crippen LogP contribution is -2.31. The molecule has 0 bridgehead atoms. The highest BCUT2D eigenvalue weighted by Gasteiger charge is 2.28. The highest BCUT2D eigenvalue weighted by atomic mass is 16.3. The number of hydrogen-bond acceptors (Lipinski definition) is 4. The van der Waals surface area contributed by atoms with Crippen LogP contribution in [0.15, 0.2) is 10.3 Å². The second-order valence-electron chi connectivity index (χ2n) is 3.07. The van der Waals surface area contributed by atoms with Crippen molar-refractivity contribution >= 4 is 5.91 Å². The van der Waals surface area contributed by atoms with Crippen LogP contribution in [-0.4, -0.2) is 35.2 Å². The van der Waals surface area contributed by atoms with Gasteiger partial charge in [-0.2, -0.15) is 5.11 Å². The zero-order chi connectivity index (χ0) is 9.68. The van der Waals surface area contributed by atoms with E-state index in [0.717, 1.165) is 19.3 Å². The maximum Gasteiger partial charge on any atom is 0.273 e. The molecule has 13 heavy (non-hydrogen) atoms. The van der Waals surface area contributed by atoms with Gasteiger partial charge in [0.1, 0.15) is 0 Å². The molecule has 1 amide bonds. The molecule has 0 aliphatic carbocycles. The van der Waals surface area contributed by atoms with E-state index in [9.17, 15) is 4.79 Å². The van der Waals surface area contributed by atoms with Crippen LogP contribution >= 0.6 is 0 Å². The van der Waals surface area contributed by atoms with Crippen LogP contribution in [0.5, 0.6) is 0 Å². The third-order valence-electron chi connectivity index (χ3n) is 1.98. The molecule has 74 valence electrons. The van der Waals surface area contributed by atoms with Crippen LogP contribution in [0.3, 0.4) is 0 Å². The number of unbranched alkanes of at least 4 members (excludes halogenated alkanes) is 2. The summed E-state index contributed by atoms with van der Waals surface area (Å²) >= 11 is 0. The van der Waals surface area contributed by atoms with Crippen LogP contribution in [0.2, 0.25) is 0 Å². The van der Waals surface area contributed by atoms with Crippen molar-refractivity contribution in [3.05, 3.63) is 0 Å². The first-order valence-corrected chi connectivity index (χ1v) is 4.62. The van der Waals surface area contributed by atoms with Crippen molar-refractivity contribution in [2.45, 2.75) is 32.2 Å². The molecule has 0 aromatic carbocycles. The minimum Gasteiger partial charge on any atom is -0.394 e. The molecule has 0 saturated heterocycles. The van der Waals surface area contributed by atoms with E-state index in [1.807, 2.05) is 0 Å². The third-order valence-corrected chi connectivity index (χ3v) is 1.98. The number of nitrogens with zero attached hydrogens (tertiary/aromatic N) is 3. The van der Waals surface area contributed by atoms with Crippen LogP contribution in [0.1, 0.15) is 26.2 Å². The molecule has 1 aliphatic heterocycles. The smallest absolute Gasteiger partial charge is 0.273 e. The van der Waals surface area contributed by atoms with E-state index in [1.165, 1.54) is 5.01 Å². The topological polar surface area (TPSA) is 65.3 Å². The fraction of sp³-hybridized carbons (Fsp3) is 0.875. The molecule has 1 unspecified atom stereocenters. The molecule has 1 aliphatic rings. The largest absolute Gasteiger partial charge is 0.394 e. The zero-order valence-electron chi connectivity index (χ0n) is 7.81. The standard InChI is InChI=1S/C8H15N3O2/c1-2-3-4-5-11-8(13)7(6-12)9-10-11/h7,12H,2-6H2,1H3. The Morgan fingerprint density at radius 1 is 1.54 bits per heavy atom. The first-order chi connectivity index (χ1) is 6.29. The summed E-state index contributed by atoms with van der Waals surface area (Å²) in [6, 6.07) is -0.651. The van der Waals surface area contributed by atoms with Crippen molar-refractivity contribution in [3.8, 4) is 0 Å². The SMILES string of the molecule is CCCCCN1N=NC(CO)C1=O. The summed E-state index contributed by atoms with van der Waals surface area (Å²) in [4.78, 5) is 11.3. The fourth-order valence-electron chi connectivity index (χ4n) is 1.17. The van der Waals surface area contributed by atoms with Crippen molar-refractivity contribution < 1.29 is 9.90 Å². The quantitative estimate of drug-likeness (QED) is 0.642. The van der Waals surface area contributed by atoms with Gasteiger partial charge in [0.15, 0.2) is 6.04 Å². The van der Waals surface area contributed by atoms with Gasteiger partial charge in [-0.05, 0) is 6.42 Å². The zero-order valence-corrected chi connectivity index (χ0v) is 7.81. The van der Waals surface area contributed by atoms with Crippen molar-refractivity contribution in [1.82, 2.24) is 5.01 Å². The maximum atomic E-state index is 11.3. The number of hydrogen-bond donors (Lipinski definition) is 1. The van der Waals surface area contributed by atoms with Crippen LogP contribution < -0.4 is 0 Å². The van der Waals surface area contributed by atoms with E-state index >= 15 is 0 Å². The number of aliphatic hydroxyl groups is 1. The Morgan fingerprint density at radius 3 is 2.85 bits per heavy atom. The lowest BCUT2D eigenvalue weighted by molar-refractivity contribution is -0.130. The lowest BCUT2D eigenvalue weighted by atomic mass is 10.2. The summed E-state index contributed by atoms with van der Waals surface area (Å²) in [7, 11) is 0. The molecule has 0 aromatic heterocycles. The van der Waals surface area contributed by atoms with Crippen molar-refractivity contribution in [3.63, 3.8) is 0 Å². The molecule has 5 heteroatoms. The number of rotatable bonds is 5. The van der Waals surface area contributed by atoms with Crippen molar-refractivity contribution in [2.75, 3.05) is 13.2 Å². The fourth-order valence-corrected chi connectivity index (χ4v) is 1.17. The molecule has 1 heterocycles. The van der Waals surface area contributed by atoms with Gasteiger partial charge in [-0.3, -0.25) is 4.79 Å². The van der Waals surface area contributed by atoms with E-state index < -0.39 is 6.04 Å². The van der Waals surface area contributed by atoms with E-state index in [2.05, 4.69) is 17.3 Å². The minimum absolute atomic E-state index is 0.182. The summed E-state index contributed by atoms with van der Waals surface area (Å²) in [5.74, 6) is -0.182. The highest BCUT2D eigenvalue weighted by molar-refractivity contribution is 5.82. The van der Waals surface area contributed by atoms with Crippen molar-refractivity contribution in [2.24, 2.45) is 10.3 Å². The normalized spacial score (nSPS) is 21.5. The van der Waals surface area contributed by atoms with Gasteiger partial charge in [0, 0.05) is 6.54 Å². The summed E-state index contributed by atoms with van der Waals surface area (Å²) < 4.78 is 0.